The summed E-state index contributed by atoms with van der Waals surface area (Å²) in [5.41, 5.74) is -0.639. The smallest absolute Gasteiger partial charge is 0.310 e. The quantitative estimate of drug-likeness (QED) is 0.338. The fraction of sp³-hybridized carbons (Fsp3) is 0.312. The lowest BCUT2D eigenvalue weighted by Crippen LogP contribution is -2.23. The Morgan fingerprint density at radius 2 is 1.88 bits per heavy atom. The molecule has 0 N–H and O–H groups in total. The lowest BCUT2D eigenvalue weighted by molar-refractivity contribution is -0.142. The highest BCUT2D eigenvalue weighted by Gasteiger charge is 2.15. The summed E-state index contributed by atoms with van der Waals surface area (Å²) in [6.07, 6.45) is 2.72. The molecule has 25 heavy (non-hydrogen) atoms. The van der Waals surface area contributed by atoms with Crippen LogP contribution < -0.4 is 5.56 Å². The molecule has 1 heterocycles. The van der Waals surface area contributed by atoms with Crippen molar-refractivity contribution in [2.45, 2.75) is 25.0 Å². The number of carbonyl (C=O) groups is 1. The molecule has 0 aliphatic rings. The Balaban J connectivity index is 2.41. The average molecular weight is 372 g/mol. The van der Waals surface area contributed by atoms with Gasteiger partial charge in [-0.25, -0.2) is 13.2 Å². The van der Waals surface area contributed by atoms with Crippen LogP contribution in [0.1, 0.15) is 18.1 Å². The third-order valence-corrected chi connectivity index (χ3v) is 3.97. The van der Waals surface area contributed by atoms with Crippen LogP contribution in [0.15, 0.2) is 28.3 Å². The van der Waals surface area contributed by atoms with Gasteiger partial charge in [-0.1, -0.05) is 11.8 Å². The molecule has 2 aromatic rings. The van der Waals surface area contributed by atoms with Gasteiger partial charge in [-0.15, -0.1) is 0 Å². The molecule has 0 spiro atoms. The number of carbonyl (C=O) groups excluding carboxylic acids is 1. The number of hydrogen-bond acceptors (Lipinski definition) is 5. The maximum atomic E-state index is 13.9. The van der Waals surface area contributed by atoms with Gasteiger partial charge in [-0.3, -0.25) is 9.59 Å². The molecule has 1 aromatic carbocycles. The zero-order valence-electron chi connectivity index (χ0n) is 13.5. The molecule has 0 atom stereocenters. The van der Waals surface area contributed by atoms with Gasteiger partial charge >= 0.3 is 5.97 Å². The van der Waals surface area contributed by atoms with E-state index in [1.165, 1.54) is 10.8 Å². The van der Waals surface area contributed by atoms with E-state index in [-0.39, 0.29) is 35.9 Å². The Kier molecular flexibility index (Phi) is 6.24. The van der Waals surface area contributed by atoms with Crippen LogP contribution in [-0.2, 0) is 22.5 Å². The molecular weight excluding hydrogens is 357 g/mol. The van der Waals surface area contributed by atoms with Crippen LogP contribution in [0.4, 0.5) is 13.2 Å². The number of aromatic nitrogens is 2. The van der Waals surface area contributed by atoms with Crippen molar-refractivity contribution in [2.75, 3.05) is 12.9 Å². The van der Waals surface area contributed by atoms with Gasteiger partial charge in [0.25, 0.3) is 5.56 Å². The Hall–Kier alpha value is -2.29. The van der Waals surface area contributed by atoms with E-state index in [1.807, 2.05) is 0 Å². The molecular formula is C16H15F3N2O3S. The molecule has 134 valence electrons. The fourth-order valence-corrected chi connectivity index (χ4v) is 2.68. The van der Waals surface area contributed by atoms with Crippen molar-refractivity contribution >= 4 is 17.7 Å². The van der Waals surface area contributed by atoms with Gasteiger partial charge in [-0.2, -0.15) is 4.98 Å². The van der Waals surface area contributed by atoms with Crippen molar-refractivity contribution < 1.29 is 22.7 Å². The fourth-order valence-electron chi connectivity index (χ4n) is 2.15. The minimum atomic E-state index is -1.28. The summed E-state index contributed by atoms with van der Waals surface area (Å²) in [5.74, 6) is -3.98. The second-order valence-corrected chi connectivity index (χ2v) is 5.80. The van der Waals surface area contributed by atoms with Crippen molar-refractivity contribution in [3.63, 3.8) is 0 Å². The minimum absolute atomic E-state index is 0.0687. The lowest BCUT2D eigenvalue weighted by atomic mass is 10.2. The lowest BCUT2D eigenvalue weighted by Gasteiger charge is -2.13. The molecule has 0 amide bonds. The molecule has 0 saturated heterocycles. The van der Waals surface area contributed by atoms with Crippen molar-refractivity contribution in [1.82, 2.24) is 9.55 Å². The third kappa shape index (κ3) is 4.62. The highest BCUT2D eigenvalue weighted by Crippen LogP contribution is 2.18. The van der Waals surface area contributed by atoms with Crippen molar-refractivity contribution in [3.8, 4) is 0 Å². The maximum absolute atomic E-state index is 13.9. The molecule has 0 aliphatic carbocycles. The number of benzene rings is 1. The molecule has 2 rings (SSSR count). The topological polar surface area (TPSA) is 61.2 Å². The standard InChI is InChI=1S/C16H15F3N2O3S/c1-3-24-14(22)5-10-8-21(16(25-2)20-15(10)23)7-9-4-12(18)13(19)6-11(9)17/h4,6,8H,3,5,7H2,1-2H3. The average Bonchev–Trinajstić information content (AvgIpc) is 2.55. The molecule has 0 bridgehead atoms. The number of ether oxygens (including phenoxy) is 1. The van der Waals surface area contributed by atoms with Gasteiger partial charge in [0.15, 0.2) is 16.8 Å². The van der Waals surface area contributed by atoms with Crippen LogP contribution in [0.2, 0.25) is 0 Å². The predicted octanol–water partition coefficient (Wildman–Crippen LogP) is 2.54. The zero-order valence-corrected chi connectivity index (χ0v) is 14.3. The summed E-state index contributed by atoms with van der Waals surface area (Å²) in [5, 5.41) is 0.252. The summed E-state index contributed by atoms with van der Waals surface area (Å²) in [6, 6.07) is 1.21. The number of nitrogens with zero attached hydrogens (tertiary/aromatic N) is 2. The molecule has 5 nitrogen and oxygen atoms in total. The van der Waals surface area contributed by atoms with E-state index < -0.39 is 29.0 Å². The Labute approximate surface area is 145 Å². The van der Waals surface area contributed by atoms with E-state index >= 15 is 0 Å². The number of halogens is 3. The zero-order chi connectivity index (χ0) is 18.6. The van der Waals surface area contributed by atoms with Crippen molar-refractivity contribution in [3.05, 3.63) is 57.3 Å². The molecule has 1 aromatic heterocycles. The first-order valence-corrected chi connectivity index (χ1v) is 8.51. The minimum Gasteiger partial charge on any atom is -0.466 e. The van der Waals surface area contributed by atoms with Crippen LogP contribution in [0.25, 0.3) is 0 Å². The highest BCUT2D eigenvalue weighted by atomic mass is 32.2. The summed E-state index contributed by atoms with van der Waals surface area (Å²) in [4.78, 5) is 27.4. The monoisotopic (exact) mass is 372 g/mol. The van der Waals surface area contributed by atoms with Crippen LogP contribution in [0, 0.1) is 17.5 Å². The first kappa shape index (κ1) is 19.0. The molecule has 0 fully saturated rings. The molecule has 0 aliphatic heterocycles. The summed E-state index contributed by atoms with van der Waals surface area (Å²) in [7, 11) is 0. The van der Waals surface area contributed by atoms with Crippen molar-refractivity contribution in [2.24, 2.45) is 0 Å². The van der Waals surface area contributed by atoms with Crippen LogP contribution >= 0.6 is 11.8 Å². The Bertz CT molecular complexity index is 855. The van der Waals surface area contributed by atoms with E-state index in [2.05, 4.69) is 4.98 Å². The van der Waals surface area contributed by atoms with E-state index in [0.717, 1.165) is 17.8 Å². The van der Waals surface area contributed by atoms with E-state index in [9.17, 15) is 22.8 Å². The SMILES string of the molecule is CCOC(=O)Cc1cn(Cc2cc(F)c(F)cc2F)c(SC)nc1=O. The first-order valence-electron chi connectivity index (χ1n) is 7.29. The Morgan fingerprint density at radius 3 is 2.52 bits per heavy atom. The van der Waals surface area contributed by atoms with E-state index in [4.69, 9.17) is 4.74 Å². The third-order valence-electron chi connectivity index (χ3n) is 3.28. The van der Waals surface area contributed by atoms with Crippen LogP contribution in [0.5, 0.6) is 0 Å². The van der Waals surface area contributed by atoms with Gasteiger partial charge in [0.05, 0.1) is 19.6 Å². The van der Waals surface area contributed by atoms with Gasteiger partial charge < -0.3 is 9.30 Å². The van der Waals surface area contributed by atoms with Gasteiger partial charge in [0, 0.05) is 23.4 Å². The summed E-state index contributed by atoms with van der Waals surface area (Å²) >= 11 is 1.13. The maximum Gasteiger partial charge on any atom is 0.310 e. The highest BCUT2D eigenvalue weighted by molar-refractivity contribution is 7.98. The number of hydrogen-bond donors (Lipinski definition) is 0. The van der Waals surface area contributed by atoms with Crippen molar-refractivity contribution in [1.29, 1.82) is 0 Å². The van der Waals surface area contributed by atoms with Crippen LogP contribution in [-0.4, -0.2) is 28.4 Å². The molecule has 0 saturated carbocycles. The van der Waals surface area contributed by atoms with Gasteiger partial charge in [0.2, 0.25) is 0 Å². The molecule has 0 unspecified atom stereocenters. The van der Waals surface area contributed by atoms with Gasteiger partial charge in [0.1, 0.15) is 5.82 Å². The Morgan fingerprint density at radius 1 is 1.20 bits per heavy atom. The number of thioether (sulfide) groups is 1. The first-order chi connectivity index (χ1) is 11.8. The number of esters is 1. The summed E-state index contributed by atoms with van der Waals surface area (Å²) < 4.78 is 46.5. The molecule has 0 radical (unpaired) electrons. The number of rotatable bonds is 6. The van der Waals surface area contributed by atoms with Gasteiger partial charge in [-0.05, 0) is 19.2 Å². The largest absolute Gasteiger partial charge is 0.466 e. The van der Waals surface area contributed by atoms with E-state index in [0.29, 0.717) is 6.07 Å². The molecule has 9 heteroatoms. The van der Waals surface area contributed by atoms with E-state index in [1.54, 1.807) is 13.2 Å². The second-order valence-electron chi connectivity index (χ2n) is 5.03. The van der Waals surface area contributed by atoms with Crippen LogP contribution in [0.3, 0.4) is 0 Å². The summed E-state index contributed by atoms with van der Waals surface area (Å²) in [6.45, 7) is 1.63. The normalized spacial score (nSPS) is 10.8. The predicted molar refractivity (Wildman–Crippen MR) is 86.0 cm³/mol. The second kappa shape index (κ2) is 8.19.